The van der Waals surface area contributed by atoms with Crippen LogP contribution in [0.2, 0.25) is 5.02 Å². The molecule has 0 saturated heterocycles. The van der Waals surface area contributed by atoms with E-state index in [0.717, 1.165) is 0 Å². The summed E-state index contributed by atoms with van der Waals surface area (Å²) in [5.41, 5.74) is 7.46. The number of carbonyl (C=O) groups is 1. The van der Waals surface area contributed by atoms with E-state index in [0.29, 0.717) is 27.5 Å². The fraction of sp³-hybridized carbons (Fsp3) is 0.111. The Morgan fingerprint density at radius 2 is 2.04 bits per heavy atom. The summed E-state index contributed by atoms with van der Waals surface area (Å²) in [7, 11) is 0. The number of hydrogen-bond acceptors (Lipinski definition) is 8. The number of aliphatic imine (C=N–C) groups is 1. The highest BCUT2D eigenvalue weighted by Gasteiger charge is 2.11. The van der Waals surface area contributed by atoms with Gasteiger partial charge in [-0.05, 0) is 12.1 Å². The molecule has 0 aliphatic rings. The minimum Gasteiger partial charge on any atom is -0.403 e. The lowest BCUT2D eigenvalue weighted by Gasteiger charge is -2.09. The standard InChI is InChI=1S/C18H15ClN8O/c19-15-11-25-18(26-14(9-22)10-23-7-5-20)27-16(15)12-1-3-13(4-2-12)17(28)24-8-6-21/h1-4,9-11H,7-8,22H2,(H,24,28)(H,25,26,27). The Bertz CT molecular complexity index is 986. The molecular weight excluding hydrogens is 380 g/mol. The van der Waals surface area contributed by atoms with Gasteiger partial charge in [-0.1, -0.05) is 23.7 Å². The smallest absolute Gasteiger partial charge is 0.252 e. The van der Waals surface area contributed by atoms with E-state index in [4.69, 9.17) is 27.9 Å². The molecule has 1 aromatic heterocycles. The van der Waals surface area contributed by atoms with Gasteiger partial charge in [0, 0.05) is 23.5 Å². The minimum atomic E-state index is -0.348. The van der Waals surface area contributed by atoms with Crippen molar-refractivity contribution in [2.24, 2.45) is 10.7 Å². The molecule has 0 unspecified atom stereocenters. The first kappa shape index (κ1) is 20.4. The molecule has 0 aliphatic carbocycles. The van der Waals surface area contributed by atoms with Crippen molar-refractivity contribution in [2.75, 3.05) is 18.4 Å². The largest absolute Gasteiger partial charge is 0.403 e. The Morgan fingerprint density at radius 3 is 2.68 bits per heavy atom. The monoisotopic (exact) mass is 394 g/mol. The molecule has 140 valence electrons. The molecule has 1 heterocycles. The molecule has 0 spiro atoms. The third-order valence-corrected chi connectivity index (χ3v) is 3.60. The molecule has 28 heavy (non-hydrogen) atoms. The number of nitriles is 2. The van der Waals surface area contributed by atoms with Crippen LogP contribution in [0.3, 0.4) is 0 Å². The lowest BCUT2D eigenvalue weighted by molar-refractivity contribution is 0.0958. The molecule has 1 amide bonds. The number of nitrogens with two attached hydrogens (primary N) is 1. The van der Waals surface area contributed by atoms with Crippen LogP contribution in [0.1, 0.15) is 10.4 Å². The second-order valence-corrected chi connectivity index (χ2v) is 5.59. The summed E-state index contributed by atoms with van der Waals surface area (Å²) in [6.45, 7) is -0.0674. The molecule has 2 rings (SSSR count). The molecule has 4 N–H and O–H groups in total. The predicted molar refractivity (Wildman–Crippen MR) is 105 cm³/mol. The van der Waals surface area contributed by atoms with Crippen molar-refractivity contribution in [1.29, 1.82) is 10.5 Å². The molecule has 9 nitrogen and oxygen atoms in total. The third-order valence-electron chi connectivity index (χ3n) is 3.32. The number of halogens is 1. The van der Waals surface area contributed by atoms with Gasteiger partial charge in [0.05, 0.1) is 34.7 Å². The van der Waals surface area contributed by atoms with Crippen LogP contribution in [0.4, 0.5) is 5.95 Å². The number of amides is 1. The third kappa shape index (κ3) is 5.53. The molecule has 0 atom stereocenters. The quantitative estimate of drug-likeness (QED) is 0.478. The molecule has 1 aromatic carbocycles. The van der Waals surface area contributed by atoms with Gasteiger partial charge in [0.15, 0.2) is 0 Å². The van der Waals surface area contributed by atoms with Crippen LogP contribution in [0.5, 0.6) is 0 Å². The van der Waals surface area contributed by atoms with E-state index in [1.807, 2.05) is 12.1 Å². The summed E-state index contributed by atoms with van der Waals surface area (Å²) in [6.07, 6.45) is 4.10. The zero-order valence-electron chi connectivity index (χ0n) is 14.6. The van der Waals surface area contributed by atoms with Gasteiger partial charge in [-0.3, -0.25) is 9.79 Å². The molecule has 0 bridgehead atoms. The first-order valence-electron chi connectivity index (χ1n) is 7.93. The predicted octanol–water partition coefficient (Wildman–Crippen LogP) is 1.86. The first-order chi connectivity index (χ1) is 13.6. The van der Waals surface area contributed by atoms with Crippen LogP contribution in [0, 0.1) is 22.7 Å². The highest BCUT2D eigenvalue weighted by molar-refractivity contribution is 6.32. The number of allylic oxidation sites excluding steroid dienone is 1. The topological polar surface area (TPSA) is 153 Å². The normalized spacial score (nSPS) is 10.9. The molecular formula is C18H15ClN8O. The summed E-state index contributed by atoms with van der Waals surface area (Å²) in [6, 6.07) is 10.3. The number of nitrogens with one attached hydrogen (secondary N) is 2. The summed E-state index contributed by atoms with van der Waals surface area (Å²) in [5, 5.41) is 22.7. The Kier molecular flexibility index (Phi) is 7.46. The summed E-state index contributed by atoms with van der Waals surface area (Å²) in [5.74, 6) is -0.117. The number of benzene rings is 1. The zero-order valence-corrected chi connectivity index (χ0v) is 15.3. The van der Waals surface area contributed by atoms with Gasteiger partial charge in [0.1, 0.15) is 13.1 Å². The maximum atomic E-state index is 11.9. The highest BCUT2D eigenvalue weighted by Crippen LogP contribution is 2.26. The molecule has 0 aliphatic heterocycles. The maximum Gasteiger partial charge on any atom is 0.252 e. The first-order valence-corrected chi connectivity index (χ1v) is 8.30. The number of hydrogen-bond donors (Lipinski definition) is 3. The van der Waals surface area contributed by atoms with Crippen molar-refractivity contribution in [3.63, 3.8) is 0 Å². The minimum absolute atomic E-state index is 0.0000377. The number of anilines is 1. The van der Waals surface area contributed by atoms with Crippen LogP contribution in [-0.4, -0.2) is 35.2 Å². The Hall–Kier alpha value is -3.95. The van der Waals surface area contributed by atoms with Gasteiger partial charge >= 0.3 is 0 Å². The van der Waals surface area contributed by atoms with Crippen molar-refractivity contribution < 1.29 is 4.79 Å². The lowest BCUT2D eigenvalue weighted by Crippen LogP contribution is -2.23. The van der Waals surface area contributed by atoms with Crippen LogP contribution >= 0.6 is 11.6 Å². The fourth-order valence-corrected chi connectivity index (χ4v) is 2.26. The van der Waals surface area contributed by atoms with Crippen LogP contribution in [-0.2, 0) is 0 Å². The Labute approximate surface area is 166 Å². The van der Waals surface area contributed by atoms with E-state index < -0.39 is 0 Å². The highest BCUT2D eigenvalue weighted by atomic mass is 35.5. The van der Waals surface area contributed by atoms with Gasteiger partial charge in [-0.2, -0.15) is 10.5 Å². The summed E-state index contributed by atoms with van der Waals surface area (Å²) >= 11 is 6.20. The maximum absolute atomic E-state index is 11.9. The van der Waals surface area contributed by atoms with Crippen molar-refractivity contribution in [2.45, 2.75) is 0 Å². The Morgan fingerprint density at radius 1 is 1.29 bits per heavy atom. The Balaban J connectivity index is 2.22. The number of aromatic nitrogens is 2. The van der Waals surface area contributed by atoms with Gasteiger partial charge < -0.3 is 16.4 Å². The van der Waals surface area contributed by atoms with Gasteiger partial charge in [0.2, 0.25) is 5.95 Å². The van der Waals surface area contributed by atoms with Crippen molar-refractivity contribution in [3.8, 4) is 23.4 Å². The van der Waals surface area contributed by atoms with E-state index in [1.54, 1.807) is 24.3 Å². The molecule has 0 fully saturated rings. The average Bonchev–Trinajstić information content (AvgIpc) is 2.72. The average molecular weight is 395 g/mol. The van der Waals surface area contributed by atoms with Crippen LogP contribution in [0.25, 0.3) is 11.3 Å². The van der Waals surface area contributed by atoms with Crippen LogP contribution < -0.4 is 16.4 Å². The fourth-order valence-electron chi connectivity index (χ4n) is 2.06. The molecule has 0 radical (unpaired) electrons. The molecule has 2 aromatic rings. The SMILES string of the molecule is N#CCN=CC(=CN)Nc1ncc(Cl)c(-c2ccc(C(=O)NCC#N)cc2)n1. The van der Waals surface area contributed by atoms with Crippen molar-refractivity contribution >= 4 is 29.7 Å². The van der Waals surface area contributed by atoms with Gasteiger partial charge in [-0.25, -0.2) is 9.97 Å². The second kappa shape index (κ2) is 10.3. The van der Waals surface area contributed by atoms with Crippen LogP contribution in [0.15, 0.2) is 47.4 Å². The van der Waals surface area contributed by atoms with E-state index in [-0.39, 0.29) is 24.9 Å². The van der Waals surface area contributed by atoms with E-state index >= 15 is 0 Å². The van der Waals surface area contributed by atoms with Crippen molar-refractivity contribution in [3.05, 3.63) is 52.9 Å². The van der Waals surface area contributed by atoms with Crippen molar-refractivity contribution in [1.82, 2.24) is 15.3 Å². The van der Waals surface area contributed by atoms with Gasteiger partial charge in [0.25, 0.3) is 5.91 Å². The van der Waals surface area contributed by atoms with Gasteiger partial charge in [-0.15, -0.1) is 0 Å². The van der Waals surface area contributed by atoms with E-state index in [1.165, 1.54) is 18.6 Å². The number of nitrogens with zero attached hydrogens (tertiary/aromatic N) is 5. The van der Waals surface area contributed by atoms with E-state index in [9.17, 15) is 4.79 Å². The van der Waals surface area contributed by atoms with E-state index in [2.05, 4.69) is 25.6 Å². The summed E-state index contributed by atoms with van der Waals surface area (Å²) in [4.78, 5) is 24.2. The molecule has 10 heteroatoms. The lowest BCUT2D eigenvalue weighted by atomic mass is 10.1. The summed E-state index contributed by atoms with van der Waals surface area (Å²) < 4.78 is 0. The zero-order chi connectivity index (χ0) is 20.4. The number of carbonyl (C=O) groups excluding carboxylic acids is 1. The molecule has 0 saturated carbocycles. The number of rotatable bonds is 7. The second-order valence-electron chi connectivity index (χ2n) is 5.18.